The summed E-state index contributed by atoms with van der Waals surface area (Å²) in [6.07, 6.45) is 0.438. The number of nitrogens with zero attached hydrogens (tertiary/aromatic N) is 1. The van der Waals surface area contributed by atoms with Gasteiger partial charge in [-0.2, -0.15) is 0 Å². The Balaban J connectivity index is 1.83. The van der Waals surface area contributed by atoms with Crippen molar-refractivity contribution in [3.05, 3.63) is 44.8 Å². The lowest BCUT2D eigenvalue weighted by atomic mass is 10.2. The molecule has 1 aromatic carbocycles. The first-order valence-corrected chi connectivity index (χ1v) is 8.10. The van der Waals surface area contributed by atoms with Crippen molar-refractivity contribution in [1.82, 2.24) is 4.98 Å². The van der Waals surface area contributed by atoms with Crippen LogP contribution in [0.15, 0.2) is 39.0 Å². The van der Waals surface area contributed by atoms with E-state index >= 15 is 0 Å². The van der Waals surface area contributed by atoms with Gasteiger partial charge >= 0.3 is 0 Å². The Morgan fingerprint density at radius 2 is 2.11 bits per heavy atom. The number of hydrogen-bond acceptors (Lipinski definition) is 4. The third-order valence-electron chi connectivity index (χ3n) is 2.26. The van der Waals surface area contributed by atoms with E-state index in [2.05, 4.69) is 20.9 Å². The van der Waals surface area contributed by atoms with Crippen LogP contribution in [0.5, 0.6) is 0 Å². The number of aromatic nitrogens is 1. The Labute approximate surface area is 123 Å². The van der Waals surface area contributed by atoms with Crippen LogP contribution in [0.3, 0.4) is 0 Å². The highest BCUT2D eigenvalue weighted by Gasteiger charge is 2.07. The van der Waals surface area contributed by atoms with Gasteiger partial charge in [0.1, 0.15) is 5.78 Å². The van der Waals surface area contributed by atoms with Crippen molar-refractivity contribution < 1.29 is 4.79 Å². The molecule has 1 heterocycles. The summed E-state index contributed by atoms with van der Waals surface area (Å²) < 4.78 is 1.05. The van der Waals surface area contributed by atoms with Crippen LogP contribution in [0.4, 0.5) is 0 Å². The Kier molecular flexibility index (Phi) is 4.97. The molecule has 18 heavy (non-hydrogen) atoms. The monoisotopic (exact) mass is 341 g/mol. The van der Waals surface area contributed by atoms with E-state index in [1.54, 1.807) is 23.1 Å². The zero-order valence-corrected chi connectivity index (χ0v) is 13.1. The van der Waals surface area contributed by atoms with E-state index in [-0.39, 0.29) is 5.78 Å². The molecule has 0 bridgehead atoms. The highest BCUT2D eigenvalue weighted by atomic mass is 79.9. The predicted molar refractivity (Wildman–Crippen MR) is 80.4 cm³/mol. The van der Waals surface area contributed by atoms with E-state index in [0.29, 0.717) is 12.2 Å². The Morgan fingerprint density at radius 1 is 1.39 bits per heavy atom. The van der Waals surface area contributed by atoms with Gasteiger partial charge in [0.05, 0.1) is 22.9 Å². The minimum Gasteiger partial charge on any atom is -0.298 e. The van der Waals surface area contributed by atoms with Crippen molar-refractivity contribution in [1.29, 1.82) is 0 Å². The average molecular weight is 342 g/mol. The van der Waals surface area contributed by atoms with Crippen molar-refractivity contribution in [2.75, 3.05) is 5.75 Å². The molecule has 0 fully saturated rings. The summed E-state index contributed by atoms with van der Waals surface area (Å²) in [7, 11) is 0. The summed E-state index contributed by atoms with van der Waals surface area (Å²) in [6, 6.07) is 7.98. The first-order chi connectivity index (χ1) is 8.63. The number of ketones is 1. The van der Waals surface area contributed by atoms with E-state index in [1.165, 1.54) is 0 Å². The maximum Gasteiger partial charge on any atom is 0.149 e. The van der Waals surface area contributed by atoms with E-state index in [9.17, 15) is 4.79 Å². The molecule has 5 heteroatoms. The van der Waals surface area contributed by atoms with Gasteiger partial charge in [-0.05, 0) is 31.2 Å². The summed E-state index contributed by atoms with van der Waals surface area (Å²) in [6.45, 7) is 1.95. The molecule has 0 atom stereocenters. The van der Waals surface area contributed by atoms with Crippen LogP contribution < -0.4 is 0 Å². The molecule has 94 valence electrons. The number of benzene rings is 1. The molecular weight excluding hydrogens is 330 g/mol. The number of carbonyl (C=O) groups is 1. The van der Waals surface area contributed by atoms with Gasteiger partial charge in [0.15, 0.2) is 0 Å². The molecule has 2 rings (SSSR count). The van der Waals surface area contributed by atoms with Crippen LogP contribution in [0.1, 0.15) is 10.7 Å². The number of carbonyl (C=O) groups excluding carboxylic acids is 1. The molecular formula is C13H12BrNOS2. The maximum atomic E-state index is 11.8. The number of thioether (sulfide) groups is 1. The summed E-state index contributed by atoms with van der Waals surface area (Å²) in [5.41, 5.74) is 0.888. The molecule has 2 aromatic rings. The highest BCUT2D eigenvalue weighted by molar-refractivity contribution is 9.10. The number of hydrogen-bond donors (Lipinski definition) is 0. The minimum atomic E-state index is 0.216. The lowest BCUT2D eigenvalue weighted by molar-refractivity contribution is -0.116. The molecule has 0 aliphatic heterocycles. The topological polar surface area (TPSA) is 30.0 Å². The maximum absolute atomic E-state index is 11.8. The number of rotatable bonds is 5. The van der Waals surface area contributed by atoms with Crippen molar-refractivity contribution in [3.63, 3.8) is 0 Å². The highest BCUT2D eigenvalue weighted by Crippen LogP contribution is 2.21. The normalized spacial score (nSPS) is 10.6. The second-order valence-corrected chi connectivity index (χ2v) is 6.84. The largest absolute Gasteiger partial charge is 0.298 e. The summed E-state index contributed by atoms with van der Waals surface area (Å²) in [4.78, 5) is 17.2. The molecule has 0 amide bonds. The van der Waals surface area contributed by atoms with E-state index in [1.807, 2.05) is 36.6 Å². The van der Waals surface area contributed by atoms with Crippen molar-refractivity contribution >= 4 is 44.8 Å². The lowest BCUT2D eigenvalue weighted by Crippen LogP contribution is -2.05. The summed E-state index contributed by atoms with van der Waals surface area (Å²) in [5, 5.41) is 2.97. The second kappa shape index (κ2) is 6.50. The van der Waals surface area contributed by atoms with Gasteiger partial charge in [0, 0.05) is 14.7 Å². The van der Waals surface area contributed by atoms with Gasteiger partial charge in [0.2, 0.25) is 0 Å². The smallest absolute Gasteiger partial charge is 0.149 e. The van der Waals surface area contributed by atoms with Gasteiger partial charge in [-0.15, -0.1) is 23.1 Å². The minimum absolute atomic E-state index is 0.216. The molecule has 0 saturated carbocycles. The van der Waals surface area contributed by atoms with Gasteiger partial charge in [0.25, 0.3) is 0 Å². The molecule has 2 nitrogen and oxygen atoms in total. The predicted octanol–water partition coefficient (Wildman–Crippen LogP) is 4.12. The number of thiazole rings is 1. The van der Waals surface area contributed by atoms with Gasteiger partial charge in [-0.3, -0.25) is 4.79 Å². The van der Waals surface area contributed by atoms with Crippen LogP contribution in [0.2, 0.25) is 0 Å². The number of aryl methyl sites for hydroxylation is 1. The van der Waals surface area contributed by atoms with E-state index in [0.717, 1.165) is 20.1 Å². The van der Waals surface area contributed by atoms with Crippen molar-refractivity contribution in [3.8, 4) is 0 Å². The van der Waals surface area contributed by atoms with Crippen molar-refractivity contribution in [2.24, 2.45) is 0 Å². The fourth-order valence-electron chi connectivity index (χ4n) is 1.44. The van der Waals surface area contributed by atoms with Crippen LogP contribution in [0, 0.1) is 6.92 Å². The van der Waals surface area contributed by atoms with Crippen LogP contribution in [-0.4, -0.2) is 16.5 Å². The lowest BCUT2D eigenvalue weighted by Gasteiger charge is -2.00. The number of Topliss-reactive ketones (excluding diaryl/α,β-unsaturated/α-hetero) is 1. The first kappa shape index (κ1) is 13.8. The van der Waals surface area contributed by atoms with Gasteiger partial charge in [-0.25, -0.2) is 4.98 Å². The Morgan fingerprint density at radius 3 is 2.72 bits per heavy atom. The van der Waals surface area contributed by atoms with Gasteiger partial charge in [-0.1, -0.05) is 15.9 Å². The molecule has 1 aromatic heterocycles. The van der Waals surface area contributed by atoms with Crippen LogP contribution in [0.25, 0.3) is 0 Å². The molecule has 0 unspecified atom stereocenters. The molecule has 0 saturated heterocycles. The zero-order chi connectivity index (χ0) is 13.0. The Hall–Kier alpha value is -0.650. The standard InChI is InChI=1S/C13H12BrNOS2/c1-9-15-11(7-17-9)6-12(16)8-18-13-4-2-10(14)3-5-13/h2-5,7H,6,8H2,1H3. The molecule has 0 spiro atoms. The van der Waals surface area contributed by atoms with Crippen LogP contribution in [-0.2, 0) is 11.2 Å². The third-order valence-corrected chi connectivity index (χ3v) is 4.68. The van der Waals surface area contributed by atoms with Crippen LogP contribution >= 0.6 is 39.0 Å². The van der Waals surface area contributed by atoms with Gasteiger partial charge < -0.3 is 0 Å². The molecule has 0 aliphatic carbocycles. The first-order valence-electron chi connectivity index (χ1n) is 5.44. The fourth-order valence-corrected chi connectivity index (χ4v) is 3.07. The fraction of sp³-hybridized carbons (Fsp3) is 0.231. The average Bonchev–Trinajstić information content (AvgIpc) is 2.74. The van der Waals surface area contributed by atoms with Crippen molar-refractivity contribution in [2.45, 2.75) is 18.2 Å². The zero-order valence-electron chi connectivity index (χ0n) is 9.85. The SMILES string of the molecule is Cc1nc(CC(=O)CSc2ccc(Br)cc2)cs1. The van der Waals surface area contributed by atoms with E-state index < -0.39 is 0 Å². The summed E-state index contributed by atoms with van der Waals surface area (Å²) >= 11 is 6.54. The summed E-state index contributed by atoms with van der Waals surface area (Å²) in [5.74, 6) is 0.714. The Bertz CT molecular complexity index is 536. The quantitative estimate of drug-likeness (QED) is 0.766. The molecule has 0 aliphatic rings. The molecule has 0 radical (unpaired) electrons. The van der Waals surface area contributed by atoms with E-state index in [4.69, 9.17) is 0 Å². The third kappa shape index (κ3) is 4.23. The number of halogens is 1. The second-order valence-electron chi connectivity index (χ2n) is 3.82. The molecule has 0 N–H and O–H groups in total.